The quantitative estimate of drug-likeness (QED) is 0.438. The monoisotopic (exact) mass is 328 g/mol. The van der Waals surface area contributed by atoms with E-state index in [2.05, 4.69) is 79.2 Å². The minimum absolute atomic E-state index is 0.231. The average Bonchev–Trinajstić information content (AvgIpc) is 3.12. The van der Waals surface area contributed by atoms with Crippen molar-refractivity contribution in [2.45, 2.75) is 20.0 Å². The van der Waals surface area contributed by atoms with Gasteiger partial charge in [0.2, 0.25) is 0 Å². The van der Waals surface area contributed by atoms with E-state index >= 15 is 0 Å². The minimum Gasteiger partial charge on any atom is -0.454 e. The summed E-state index contributed by atoms with van der Waals surface area (Å²) in [5.41, 5.74) is 6.79. The molecule has 3 heteroatoms. The van der Waals surface area contributed by atoms with E-state index in [-0.39, 0.29) is 6.17 Å². The average molecular weight is 328 g/mol. The standard InChI is InChI=1S/C22H20N2O/c1-14-12-13-17-16-8-4-7-11-20(16)25-22(17)21(14)24-15(2)23(3)18-9-5-6-10-19(18)24/h4-13,15H,1-3H3. The maximum Gasteiger partial charge on any atom is 0.159 e. The molecule has 0 saturated carbocycles. The molecule has 0 aliphatic carbocycles. The van der Waals surface area contributed by atoms with Crippen LogP contribution < -0.4 is 9.80 Å². The van der Waals surface area contributed by atoms with Crippen LogP contribution >= 0.6 is 0 Å². The number of para-hydroxylation sites is 3. The summed E-state index contributed by atoms with van der Waals surface area (Å²) in [7, 11) is 2.15. The second-order valence-electron chi connectivity index (χ2n) is 6.81. The van der Waals surface area contributed by atoms with Gasteiger partial charge in [-0.1, -0.05) is 42.5 Å². The van der Waals surface area contributed by atoms with Crippen LogP contribution in [0, 0.1) is 6.92 Å². The lowest BCUT2D eigenvalue weighted by atomic mass is 10.1. The van der Waals surface area contributed by atoms with Crippen LogP contribution in [0.1, 0.15) is 12.5 Å². The van der Waals surface area contributed by atoms with Crippen LogP contribution in [-0.4, -0.2) is 13.2 Å². The van der Waals surface area contributed by atoms with Gasteiger partial charge in [-0.05, 0) is 37.6 Å². The molecule has 0 N–H and O–H groups in total. The highest BCUT2D eigenvalue weighted by molar-refractivity contribution is 6.10. The lowest BCUT2D eigenvalue weighted by Gasteiger charge is -2.29. The Bertz CT molecular complexity index is 1110. The van der Waals surface area contributed by atoms with Crippen molar-refractivity contribution in [3.8, 4) is 0 Å². The van der Waals surface area contributed by atoms with E-state index < -0.39 is 0 Å². The van der Waals surface area contributed by atoms with Crippen LogP contribution in [0.25, 0.3) is 21.9 Å². The summed E-state index contributed by atoms with van der Waals surface area (Å²) < 4.78 is 6.32. The first kappa shape index (κ1) is 14.4. The fourth-order valence-corrected chi connectivity index (χ4v) is 4.02. The molecule has 0 amide bonds. The molecule has 25 heavy (non-hydrogen) atoms. The van der Waals surface area contributed by atoms with Crippen molar-refractivity contribution in [2.24, 2.45) is 0 Å². The number of rotatable bonds is 1. The molecule has 1 aromatic heterocycles. The number of aryl methyl sites for hydroxylation is 1. The molecule has 2 heterocycles. The summed E-state index contributed by atoms with van der Waals surface area (Å²) in [5, 5.41) is 2.35. The molecule has 0 saturated heterocycles. The molecule has 3 nitrogen and oxygen atoms in total. The van der Waals surface area contributed by atoms with E-state index in [1.165, 1.54) is 27.7 Å². The van der Waals surface area contributed by atoms with Crippen molar-refractivity contribution >= 4 is 39.0 Å². The normalized spacial score (nSPS) is 16.8. The minimum atomic E-state index is 0.231. The Labute approximate surface area is 147 Å². The summed E-state index contributed by atoms with van der Waals surface area (Å²) >= 11 is 0. The fraction of sp³-hybridized carbons (Fsp3) is 0.182. The Morgan fingerprint density at radius 3 is 2.40 bits per heavy atom. The van der Waals surface area contributed by atoms with Crippen molar-refractivity contribution in [1.29, 1.82) is 0 Å². The van der Waals surface area contributed by atoms with E-state index in [1.54, 1.807) is 0 Å². The van der Waals surface area contributed by atoms with Crippen LogP contribution in [0.3, 0.4) is 0 Å². The summed E-state index contributed by atoms with van der Waals surface area (Å²) in [6, 6.07) is 21.2. The predicted octanol–water partition coefficient (Wildman–Crippen LogP) is 5.83. The van der Waals surface area contributed by atoms with E-state index in [4.69, 9.17) is 4.42 Å². The Kier molecular flexibility index (Phi) is 2.90. The van der Waals surface area contributed by atoms with Gasteiger partial charge in [0.25, 0.3) is 0 Å². The lowest BCUT2D eigenvalue weighted by Crippen LogP contribution is -2.36. The number of hydrogen-bond acceptors (Lipinski definition) is 3. The molecular weight excluding hydrogens is 308 g/mol. The first-order valence-electron chi connectivity index (χ1n) is 8.69. The van der Waals surface area contributed by atoms with Crippen LogP contribution in [0.5, 0.6) is 0 Å². The van der Waals surface area contributed by atoms with E-state index in [0.717, 1.165) is 16.9 Å². The Morgan fingerprint density at radius 2 is 1.56 bits per heavy atom. The van der Waals surface area contributed by atoms with Crippen molar-refractivity contribution in [3.63, 3.8) is 0 Å². The first-order chi connectivity index (χ1) is 12.2. The third-order valence-electron chi connectivity index (χ3n) is 5.42. The molecule has 1 atom stereocenters. The molecule has 124 valence electrons. The zero-order valence-electron chi connectivity index (χ0n) is 14.7. The van der Waals surface area contributed by atoms with Gasteiger partial charge in [0, 0.05) is 17.8 Å². The molecule has 0 radical (unpaired) electrons. The zero-order valence-corrected chi connectivity index (χ0v) is 14.7. The molecule has 0 fully saturated rings. The lowest BCUT2D eigenvalue weighted by molar-refractivity contribution is 0.661. The van der Waals surface area contributed by atoms with Crippen molar-refractivity contribution < 1.29 is 4.42 Å². The molecule has 4 aromatic rings. The van der Waals surface area contributed by atoms with E-state index in [0.29, 0.717) is 0 Å². The summed E-state index contributed by atoms with van der Waals surface area (Å²) in [5.74, 6) is 0. The Balaban J connectivity index is 1.85. The first-order valence-corrected chi connectivity index (χ1v) is 8.69. The summed E-state index contributed by atoms with van der Waals surface area (Å²) in [6.07, 6.45) is 0.231. The molecule has 5 rings (SSSR count). The van der Waals surface area contributed by atoms with Gasteiger partial charge in [-0.2, -0.15) is 0 Å². The van der Waals surface area contributed by atoms with Gasteiger partial charge in [-0.25, -0.2) is 0 Å². The molecule has 0 spiro atoms. The number of anilines is 3. The smallest absolute Gasteiger partial charge is 0.159 e. The molecule has 1 aliphatic rings. The number of furan rings is 1. The predicted molar refractivity (Wildman–Crippen MR) is 105 cm³/mol. The van der Waals surface area contributed by atoms with Crippen LogP contribution in [0.4, 0.5) is 17.1 Å². The number of benzene rings is 3. The molecule has 0 bridgehead atoms. The van der Waals surface area contributed by atoms with Crippen molar-refractivity contribution in [1.82, 2.24) is 0 Å². The highest BCUT2D eigenvalue weighted by Gasteiger charge is 2.33. The van der Waals surface area contributed by atoms with Crippen LogP contribution in [0.15, 0.2) is 65.1 Å². The second kappa shape index (κ2) is 5.03. The van der Waals surface area contributed by atoms with Gasteiger partial charge in [-0.3, -0.25) is 0 Å². The Morgan fingerprint density at radius 1 is 0.840 bits per heavy atom. The molecule has 1 unspecified atom stereocenters. The van der Waals surface area contributed by atoms with Gasteiger partial charge in [0.15, 0.2) is 5.58 Å². The topological polar surface area (TPSA) is 19.6 Å². The van der Waals surface area contributed by atoms with Gasteiger partial charge < -0.3 is 14.2 Å². The largest absolute Gasteiger partial charge is 0.454 e. The summed E-state index contributed by atoms with van der Waals surface area (Å²) in [6.45, 7) is 4.40. The molecule has 1 aliphatic heterocycles. The third kappa shape index (κ3) is 1.86. The van der Waals surface area contributed by atoms with Crippen molar-refractivity contribution in [3.05, 3.63) is 66.2 Å². The highest BCUT2D eigenvalue weighted by Crippen LogP contribution is 2.47. The number of nitrogens with zero attached hydrogens (tertiary/aromatic N) is 2. The molecule has 3 aromatic carbocycles. The van der Waals surface area contributed by atoms with Crippen LogP contribution in [0.2, 0.25) is 0 Å². The zero-order chi connectivity index (χ0) is 17.1. The molecular formula is C22H20N2O. The van der Waals surface area contributed by atoms with Gasteiger partial charge >= 0.3 is 0 Å². The van der Waals surface area contributed by atoms with Crippen molar-refractivity contribution in [2.75, 3.05) is 16.8 Å². The SMILES string of the molecule is Cc1ccc2c(oc3ccccc32)c1N1c2ccccc2N(C)C1C. The van der Waals surface area contributed by atoms with Gasteiger partial charge in [0.05, 0.1) is 17.1 Å². The fourth-order valence-electron chi connectivity index (χ4n) is 4.02. The maximum atomic E-state index is 6.32. The summed E-state index contributed by atoms with van der Waals surface area (Å²) in [4.78, 5) is 4.71. The highest BCUT2D eigenvalue weighted by atomic mass is 16.3. The maximum absolute atomic E-state index is 6.32. The number of hydrogen-bond donors (Lipinski definition) is 0. The Hall–Kier alpha value is -2.94. The van der Waals surface area contributed by atoms with E-state index in [1.807, 2.05) is 12.1 Å². The number of fused-ring (bicyclic) bond motifs is 4. The van der Waals surface area contributed by atoms with Gasteiger partial charge in [0.1, 0.15) is 11.7 Å². The third-order valence-corrected chi connectivity index (χ3v) is 5.42. The van der Waals surface area contributed by atoms with Gasteiger partial charge in [-0.15, -0.1) is 0 Å². The second-order valence-corrected chi connectivity index (χ2v) is 6.81. The van der Waals surface area contributed by atoms with E-state index in [9.17, 15) is 0 Å². The van der Waals surface area contributed by atoms with Crippen LogP contribution in [-0.2, 0) is 0 Å².